The van der Waals surface area contributed by atoms with Gasteiger partial charge in [-0.25, -0.2) is 17.6 Å². The second-order valence-corrected chi connectivity index (χ2v) is 8.24. The predicted molar refractivity (Wildman–Crippen MR) is 87.6 cm³/mol. The van der Waals surface area contributed by atoms with Gasteiger partial charge >= 0.3 is 0 Å². The van der Waals surface area contributed by atoms with E-state index in [1.165, 1.54) is 0 Å². The van der Waals surface area contributed by atoms with Gasteiger partial charge in [0.05, 0.1) is 5.69 Å². The van der Waals surface area contributed by atoms with Gasteiger partial charge in [0.15, 0.2) is 0 Å². The lowest BCUT2D eigenvalue weighted by Gasteiger charge is -2.36. The van der Waals surface area contributed by atoms with Crippen molar-refractivity contribution in [1.82, 2.24) is 9.78 Å². The number of rotatable bonds is 5. The third-order valence-corrected chi connectivity index (χ3v) is 6.01. The van der Waals surface area contributed by atoms with E-state index in [9.17, 15) is 22.4 Å². The zero-order valence-electron chi connectivity index (χ0n) is 14.7. The first-order chi connectivity index (χ1) is 12.1. The minimum Gasteiger partial charge on any atom is -0.311 e. The molecule has 0 bridgehead atoms. The van der Waals surface area contributed by atoms with Crippen molar-refractivity contribution in [3.8, 4) is 0 Å². The molecule has 4 rings (SSSR count). The maximum absolute atomic E-state index is 13.3. The number of carbonyl (C=O) groups excluding carboxylic acids is 1. The van der Waals surface area contributed by atoms with Gasteiger partial charge in [-0.2, -0.15) is 5.10 Å². The molecule has 144 valence electrons. The van der Waals surface area contributed by atoms with Crippen LogP contribution in [0.3, 0.4) is 0 Å². The summed E-state index contributed by atoms with van der Waals surface area (Å²) < 4.78 is 54.1. The Kier molecular flexibility index (Phi) is 4.08. The van der Waals surface area contributed by atoms with Gasteiger partial charge in [0, 0.05) is 50.6 Å². The minimum absolute atomic E-state index is 0.0573. The fourth-order valence-corrected chi connectivity index (χ4v) is 4.34. The SMILES string of the molecule is Cn1nc(C2CC(F)(F)C2)c(C2CCC2)c1NC(=O)CC1CC(F)(F)C1. The van der Waals surface area contributed by atoms with Gasteiger partial charge in [-0.15, -0.1) is 0 Å². The summed E-state index contributed by atoms with van der Waals surface area (Å²) in [5.74, 6) is -5.36. The highest BCUT2D eigenvalue weighted by Crippen LogP contribution is 2.52. The molecule has 0 aromatic carbocycles. The molecule has 0 saturated heterocycles. The number of carbonyl (C=O) groups is 1. The van der Waals surface area contributed by atoms with E-state index in [1.54, 1.807) is 11.7 Å². The predicted octanol–water partition coefficient (Wildman–Crippen LogP) is 4.57. The van der Waals surface area contributed by atoms with Crippen LogP contribution in [0.1, 0.15) is 74.5 Å². The van der Waals surface area contributed by atoms with E-state index < -0.39 is 11.8 Å². The Morgan fingerprint density at radius 2 is 1.73 bits per heavy atom. The van der Waals surface area contributed by atoms with Gasteiger partial charge in [-0.1, -0.05) is 6.42 Å². The lowest BCUT2D eigenvalue weighted by molar-refractivity contribution is -0.129. The molecule has 26 heavy (non-hydrogen) atoms. The number of aryl methyl sites for hydroxylation is 1. The van der Waals surface area contributed by atoms with Gasteiger partial charge in [0.25, 0.3) is 0 Å². The van der Waals surface area contributed by atoms with Crippen LogP contribution in [0.5, 0.6) is 0 Å². The van der Waals surface area contributed by atoms with Crippen LogP contribution in [0.15, 0.2) is 0 Å². The van der Waals surface area contributed by atoms with Crippen molar-refractivity contribution >= 4 is 11.7 Å². The second kappa shape index (κ2) is 5.96. The van der Waals surface area contributed by atoms with E-state index in [0.717, 1.165) is 24.8 Å². The summed E-state index contributed by atoms with van der Waals surface area (Å²) in [5, 5.41) is 7.27. The molecule has 0 atom stereocenters. The number of alkyl halides is 4. The lowest BCUT2D eigenvalue weighted by Crippen LogP contribution is -2.37. The minimum atomic E-state index is -2.64. The molecular formula is C18H23F4N3O. The standard InChI is InChI=1S/C18H23F4N3O/c1-25-16(23-13(26)5-10-6-17(19,20)7-10)14(11-3-2-4-11)15(24-25)12-8-18(21,22)9-12/h10-12H,2-9H2,1H3,(H,23,26). The molecule has 1 aromatic heterocycles. The molecule has 3 saturated carbocycles. The van der Waals surface area contributed by atoms with Gasteiger partial charge in [0.2, 0.25) is 17.8 Å². The zero-order valence-corrected chi connectivity index (χ0v) is 14.7. The molecule has 3 aliphatic carbocycles. The lowest BCUT2D eigenvalue weighted by atomic mass is 9.73. The Labute approximate surface area is 149 Å². The number of amides is 1. The summed E-state index contributed by atoms with van der Waals surface area (Å²) in [6, 6.07) is 0. The van der Waals surface area contributed by atoms with Crippen molar-refractivity contribution < 1.29 is 22.4 Å². The Hall–Kier alpha value is -1.60. The number of hydrogen-bond acceptors (Lipinski definition) is 2. The Bertz CT molecular complexity index is 710. The van der Waals surface area contributed by atoms with Crippen molar-refractivity contribution in [2.45, 2.75) is 75.0 Å². The Morgan fingerprint density at radius 3 is 2.23 bits per heavy atom. The number of hydrogen-bond donors (Lipinski definition) is 1. The van der Waals surface area contributed by atoms with Gasteiger partial charge in [-0.05, 0) is 24.7 Å². The Morgan fingerprint density at radius 1 is 1.12 bits per heavy atom. The maximum Gasteiger partial charge on any atom is 0.249 e. The smallest absolute Gasteiger partial charge is 0.249 e. The van der Waals surface area contributed by atoms with Crippen LogP contribution >= 0.6 is 0 Å². The van der Waals surface area contributed by atoms with Gasteiger partial charge < -0.3 is 5.32 Å². The first-order valence-corrected chi connectivity index (χ1v) is 9.26. The molecule has 1 aromatic rings. The molecule has 0 radical (unpaired) electrons. The van der Waals surface area contributed by atoms with E-state index in [2.05, 4.69) is 10.4 Å². The zero-order chi connectivity index (χ0) is 18.7. The summed E-state index contributed by atoms with van der Waals surface area (Å²) in [6.07, 6.45) is 2.15. The first kappa shape index (κ1) is 17.8. The molecule has 8 heteroatoms. The van der Waals surface area contributed by atoms with E-state index in [4.69, 9.17) is 0 Å². The third kappa shape index (κ3) is 3.22. The number of nitrogens with one attached hydrogen (secondary N) is 1. The second-order valence-electron chi connectivity index (χ2n) is 8.24. The van der Waals surface area contributed by atoms with Crippen molar-refractivity contribution in [1.29, 1.82) is 0 Å². The molecule has 0 aliphatic heterocycles. The molecule has 1 amide bonds. The van der Waals surface area contributed by atoms with Crippen molar-refractivity contribution in [2.24, 2.45) is 13.0 Å². The molecule has 0 spiro atoms. The molecular weight excluding hydrogens is 350 g/mol. The number of aromatic nitrogens is 2. The van der Waals surface area contributed by atoms with Crippen molar-refractivity contribution in [3.05, 3.63) is 11.3 Å². The van der Waals surface area contributed by atoms with Crippen LogP contribution in [-0.2, 0) is 11.8 Å². The molecule has 4 nitrogen and oxygen atoms in total. The van der Waals surface area contributed by atoms with Gasteiger partial charge in [0.1, 0.15) is 5.82 Å². The van der Waals surface area contributed by atoms with Crippen LogP contribution in [0.25, 0.3) is 0 Å². The van der Waals surface area contributed by atoms with Crippen LogP contribution in [0.4, 0.5) is 23.4 Å². The van der Waals surface area contributed by atoms with Gasteiger partial charge in [-0.3, -0.25) is 9.48 Å². The first-order valence-electron chi connectivity index (χ1n) is 9.26. The molecule has 3 aliphatic rings. The highest BCUT2D eigenvalue weighted by atomic mass is 19.3. The number of halogens is 4. The molecule has 3 fully saturated rings. The van der Waals surface area contributed by atoms with E-state index >= 15 is 0 Å². The number of nitrogens with zero attached hydrogens (tertiary/aromatic N) is 2. The van der Waals surface area contributed by atoms with E-state index in [0.29, 0.717) is 11.5 Å². The average molecular weight is 373 g/mol. The summed E-state index contributed by atoms with van der Waals surface area (Å²) >= 11 is 0. The Balaban J connectivity index is 1.50. The topological polar surface area (TPSA) is 46.9 Å². The molecule has 0 unspecified atom stereocenters. The van der Waals surface area contributed by atoms with E-state index in [1.807, 2.05) is 0 Å². The monoisotopic (exact) mass is 373 g/mol. The largest absolute Gasteiger partial charge is 0.311 e. The van der Waals surface area contributed by atoms with E-state index in [-0.39, 0.29) is 55.8 Å². The summed E-state index contributed by atoms with van der Waals surface area (Å²) in [5.41, 5.74) is 1.56. The molecule has 1 heterocycles. The average Bonchev–Trinajstić information content (AvgIpc) is 2.70. The highest BCUT2D eigenvalue weighted by Gasteiger charge is 2.49. The van der Waals surface area contributed by atoms with Crippen LogP contribution in [-0.4, -0.2) is 27.5 Å². The fraction of sp³-hybridized carbons (Fsp3) is 0.778. The highest BCUT2D eigenvalue weighted by molar-refractivity contribution is 5.91. The third-order valence-electron chi connectivity index (χ3n) is 6.01. The summed E-state index contributed by atoms with van der Waals surface area (Å²) in [6.45, 7) is 0. The van der Waals surface area contributed by atoms with Crippen molar-refractivity contribution in [2.75, 3.05) is 5.32 Å². The number of anilines is 1. The molecule has 1 N–H and O–H groups in total. The van der Waals surface area contributed by atoms with Crippen LogP contribution in [0, 0.1) is 5.92 Å². The summed E-state index contributed by atoms with van der Waals surface area (Å²) in [7, 11) is 1.69. The maximum atomic E-state index is 13.3. The summed E-state index contributed by atoms with van der Waals surface area (Å²) in [4.78, 5) is 12.3. The van der Waals surface area contributed by atoms with Crippen molar-refractivity contribution in [3.63, 3.8) is 0 Å². The van der Waals surface area contributed by atoms with Crippen LogP contribution in [0.2, 0.25) is 0 Å². The fourth-order valence-electron chi connectivity index (χ4n) is 4.34. The normalized spacial score (nSPS) is 25.3. The quantitative estimate of drug-likeness (QED) is 0.769. The van der Waals surface area contributed by atoms with Crippen LogP contribution < -0.4 is 5.32 Å².